The normalized spacial score (nSPS) is 10.1. The van der Waals surface area contributed by atoms with Crippen LogP contribution < -0.4 is 4.74 Å². The molecule has 1 rings (SSSR count). The zero-order chi connectivity index (χ0) is 12.7. The van der Waals surface area contributed by atoms with E-state index in [9.17, 15) is 4.79 Å². The number of carbonyl (C=O) groups is 1. The van der Waals surface area contributed by atoms with Crippen molar-refractivity contribution in [3.8, 4) is 5.75 Å². The summed E-state index contributed by atoms with van der Waals surface area (Å²) in [5, 5.41) is 1.26. The summed E-state index contributed by atoms with van der Waals surface area (Å²) < 4.78 is 5.08. The Hall–Kier alpha value is -1.55. The molecule has 0 heterocycles. The van der Waals surface area contributed by atoms with Crippen LogP contribution in [0.2, 0.25) is 0 Å². The molecule has 0 aliphatic rings. The van der Waals surface area contributed by atoms with E-state index in [4.69, 9.17) is 9.57 Å². The molecule has 0 atom stereocenters. The average molecular weight is 237 g/mol. The van der Waals surface area contributed by atoms with E-state index in [0.29, 0.717) is 6.42 Å². The van der Waals surface area contributed by atoms with E-state index < -0.39 is 0 Å². The van der Waals surface area contributed by atoms with Crippen LogP contribution in [0.4, 0.5) is 0 Å². The number of hydroxylamine groups is 2. The third-order valence-corrected chi connectivity index (χ3v) is 2.64. The molecule has 0 aliphatic carbocycles. The van der Waals surface area contributed by atoms with Crippen molar-refractivity contribution in [2.75, 3.05) is 21.3 Å². The number of ether oxygens (including phenoxy) is 1. The second-order valence-corrected chi connectivity index (χ2v) is 3.78. The van der Waals surface area contributed by atoms with Crippen LogP contribution >= 0.6 is 0 Å². The Morgan fingerprint density at radius 2 is 1.88 bits per heavy atom. The summed E-state index contributed by atoms with van der Waals surface area (Å²) in [5.41, 5.74) is 1.21. The molecule has 0 bridgehead atoms. The molecule has 0 unspecified atom stereocenters. The van der Waals surface area contributed by atoms with Gasteiger partial charge in [-0.2, -0.15) is 0 Å². The van der Waals surface area contributed by atoms with E-state index in [2.05, 4.69) is 0 Å². The van der Waals surface area contributed by atoms with Crippen LogP contribution in [0.3, 0.4) is 0 Å². The lowest BCUT2D eigenvalue weighted by molar-refractivity contribution is -0.168. The zero-order valence-electron chi connectivity index (χ0n) is 10.6. The molecule has 0 fully saturated rings. The summed E-state index contributed by atoms with van der Waals surface area (Å²) in [6.45, 7) is 0. The highest BCUT2D eigenvalue weighted by molar-refractivity contribution is 5.74. The first-order valence-corrected chi connectivity index (χ1v) is 5.61. The minimum Gasteiger partial charge on any atom is -0.497 e. The molecular weight excluding hydrogens is 218 g/mol. The number of benzene rings is 1. The SMILES string of the molecule is COc1ccc(CCCC(=O)N(C)OC)cc1. The fourth-order valence-electron chi connectivity index (χ4n) is 1.50. The van der Waals surface area contributed by atoms with Crippen molar-refractivity contribution in [1.82, 2.24) is 5.06 Å². The molecule has 4 heteroatoms. The highest BCUT2D eigenvalue weighted by atomic mass is 16.7. The van der Waals surface area contributed by atoms with Gasteiger partial charge in [0.05, 0.1) is 14.2 Å². The molecule has 17 heavy (non-hydrogen) atoms. The number of hydrogen-bond donors (Lipinski definition) is 0. The van der Waals surface area contributed by atoms with Crippen LogP contribution in [0.1, 0.15) is 18.4 Å². The molecule has 1 aromatic rings. The van der Waals surface area contributed by atoms with Crippen LogP contribution in [0.25, 0.3) is 0 Å². The lowest BCUT2D eigenvalue weighted by Gasteiger charge is -2.13. The number of rotatable bonds is 6. The summed E-state index contributed by atoms with van der Waals surface area (Å²) in [6, 6.07) is 7.89. The second-order valence-electron chi connectivity index (χ2n) is 3.78. The summed E-state index contributed by atoms with van der Waals surface area (Å²) in [5.74, 6) is 0.852. The maximum atomic E-state index is 11.4. The number of methoxy groups -OCH3 is 1. The summed E-state index contributed by atoms with van der Waals surface area (Å²) in [4.78, 5) is 16.3. The smallest absolute Gasteiger partial charge is 0.245 e. The molecular formula is C13H19NO3. The topological polar surface area (TPSA) is 38.8 Å². The molecule has 0 spiro atoms. The Kier molecular flexibility index (Phi) is 5.49. The third kappa shape index (κ3) is 4.44. The monoisotopic (exact) mass is 237 g/mol. The van der Waals surface area contributed by atoms with Crippen molar-refractivity contribution in [3.63, 3.8) is 0 Å². The lowest BCUT2D eigenvalue weighted by atomic mass is 10.1. The van der Waals surface area contributed by atoms with Crippen LogP contribution in [-0.2, 0) is 16.1 Å². The van der Waals surface area contributed by atoms with Crippen LogP contribution in [0, 0.1) is 0 Å². The summed E-state index contributed by atoms with van der Waals surface area (Å²) in [7, 11) is 4.76. The van der Waals surface area contributed by atoms with Crippen molar-refractivity contribution in [2.24, 2.45) is 0 Å². The van der Waals surface area contributed by atoms with E-state index in [1.807, 2.05) is 24.3 Å². The second kappa shape index (κ2) is 6.91. The van der Waals surface area contributed by atoms with Gasteiger partial charge >= 0.3 is 0 Å². The van der Waals surface area contributed by atoms with Gasteiger partial charge in [0.2, 0.25) is 5.91 Å². The highest BCUT2D eigenvalue weighted by Gasteiger charge is 2.06. The number of carbonyl (C=O) groups excluding carboxylic acids is 1. The van der Waals surface area contributed by atoms with E-state index >= 15 is 0 Å². The first-order valence-electron chi connectivity index (χ1n) is 5.61. The van der Waals surface area contributed by atoms with Gasteiger partial charge in [-0.25, -0.2) is 5.06 Å². The van der Waals surface area contributed by atoms with E-state index in [0.717, 1.165) is 18.6 Å². The fraction of sp³-hybridized carbons (Fsp3) is 0.462. The molecule has 1 aromatic carbocycles. The third-order valence-electron chi connectivity index (χ3n) is 2.64. The predicted molar refractivity (Wildman–Crippen MR) is 65.7 cm³/mol. The van der Waals surface area contributed by atoms with Crippen molar-refractivity contribution in [3.05, 3.63) is 29.8 Å². The molecule has 4 nitrogen and oxygen atoms in total. The summed E-state index contributed by atoms with van der Waals surface area (Å²) >= 11 is 0. The average Bonchev–Trinajstić information content (AvgIpc) is 2.38. The van der Waals surface area contributed by atoms with Crippen molar-refractivity contribution < 1.29 is 14.4 Å². The minimum atomic E-state index is 0.000937. The fourth-order valence-corrected chi connectivity index (χ4v) is 1.50. The van der Waals surface area contributed by atoms with Gasteiger partial charge in [0, 0.05) is 13.5 Å². The Bertz CT molecular complexity index is 348. The molecule has 0 aliphatic heterocycles. The number of amides is 1. The molecule has 1 amide bonds. The van der Waals surface area contributed by atoms with Gasteiger partial charge < -0.3 is 4.74 Å². The van der Waals surface area contributed by atoms with Crippen LogP contribution in [0.5, 0.6) is 5.75 Å². The molecule has 0 N–H and O–H groups in total. The Labute approximate surface area is 102 Å². The van der Waals surface area contributed by atoms with Crippen LogP contribution in [0.15, 0.2) is 24.3 Å². The Balaban J connectivity index is 2.33. The number of nitrogens with zero attached hydrogens (tertiary/aromatic N) is 1. The van der Waals surface area contributed by atoms with Crippen molar-refractivity contribution >= 4 is 5.91 Å². The molecule has 94 valence electrons. The van der Waals surface area contributed by atoms with Gasteiger partial charge in [0.15, 0.2) is 0 Å². The quantitative estimate of drug-likeness (QED) is 0.711. The van der Waals surface area contributed by atoms with Crippen LogP contribution in [-0.4, -0.2) is 32.2 Å². The van der Waals surface area contributed by atoms with Gasteiger partial charge in [0.1, 0.15) is 5.75 Å². The summed E-state index contributed by atoms with van der Waals surface area (Å²) in [6.07, 6.45) is 2.20. The minimum absolute atomic E-state index is 0.000937. The van der Waals surface area contributed by atoms with Gasteiger partial charge in [0.25, 0.3) is 0 Å². The number of aryl methyl sites for hydroxylation is 1. The van der Waals surface area contributed by atoms with E-state index in [1.165, 1.54) is 17.7 Å². The van der Waals surface area contributed by atoms with Gasteiger partial charge in [-0.15, -0.1) is 0 Å². The largest absolute Gasteiger partial charge is 0.497 e. The zero-order valence-corrected chi connectivity index (χ0v) is 10.6. The molecule has 0 aromatic heterocycles. The number of hydrogen-bond acceptors (Lipinski definition) is 3. The van der Waals surface area contributed by atoms with Gasteiger partial charge in [-0.1, -0.05) is 12.1 Å². The Morgan fingerprint density at radius 1 is 1.24 bits per heavy atom. The molecule has 0 radical (unpaired) electrons. The van der Waals surface area contributed by atoms with Crippen molar-refractivity contribution in [1.29, 1.82) is 0 Å². The van der Waals surface area contributed by atoms with E-state index in [1.54, 1.807) is 14.2 Å². The Morgan fingerprint density at radius 3 is 2.41 bits per heavy atom. The van der Waals surface area contributed by atoms with Gasteiger partial charge in [-0.3, -0.25) is 9.63 Å². The molecule has 0 saturated heterocycles. The first kappa shape index (κ1) is 13.5. The maximum Gasteiger partial charge on any atom is 0.245 e. The van der Waals surface area contributed by atoms with Crippen molar-refractivity contribution in [2.45, 2.75) is 19.3 Å². The van der Waals surface area contributed by atoms with E-state index in [-0.39, 0.29) is 5.91 Å². The standard InChI is InChI=1S/C13H19NO3/c1-14(17-3)13(15)6-4-5-11-7-9-12(16-2)10-8-11/h7-10H,4-6H2,1-3H3. The lowest BCUT2D eigenvalue weighted by Crippen LogP contribution is -2.25. The molecule has 0 saturated carbocycles. The predicted octanol–water partition coefficient (Wildman–Crippen LogP) is 2.04. The highest BCUT2D eigenvalue weighted by Crippen LogP contribution is 2.13. The maximum absolute atomic E-state index is 11.4. The van der Waals surface area contributed by atoms with Gasteiger partial charge in [-0.05, 0) is 30.5 Å². The first-order chi connectivity index (χ1) is 8.17.